The maximum absolute atomic E-state index is 10.4. The zero-order valence-corrected chi connectivity index (χ0v) is 13.7. The topological polar surface area (TPSA) is 38.7 Å². The van der Waals surface area contributed by atoms with Gasteiger partial charge >= 0.3 is 0 Å². The van der Waals surface area contributed by atoms with Crippen LogP contribution in [0, 0.1) is 0 Å². The standard InChI is InChI=1S/C16H14BrClO3/c1-20-13-4-2-3-11(18)16(13)15-8-12(19)10-6-5-9(17)7-14(10)21-15/h2-7,12,15,19H,8H2,1H3/t12-,15?/m0/s1. The van der Waals surface area contributed by atoms with Gasteiger partial charge in [-0.05, 0) is 24.3 Å². The second kappa shape index (κ2) is 5.87. The van der Waals surface area contributed by atoms with Crippen LogP contribution in [-0.4, -0.2) is 12.2 Å². The van der Waals surface area contributed by atoms with Gasteiger partial charge in [-0.1, -0.05) is 39.7 Å². The first kappa shape index (κ1) is 14.7. The van der Waals surface area contributed by atoms with E-state index in [-0.39, 0.29) is 6.10 Å². The van der Waals surface area contributed by atoms with Crippen LogP contribution in [0.2, 0.25) is 5.02 Å². The molecule has 110 valence electrons. The molecule has 1 unspecified atom stereocenters. The summed E-state index contributed by atoms with van der Waals surface area (Å²) in [6, 6.07) is 11.1. The summed E-state index contributed by atoms with van der Waals surface area (Å²) in [5, 5.41) is 10.9. The average Bonchev–Trinajstić information content (AvgIpc) is 2.46. The molecular formula is C16H14BrClO3. The molecule has 3 rings (SSSR count). The SMILES string of the molecule is COc1cccc(Cl)c1C1C[C@H](O)c2ccc(Br)cc2O1. The number of hydrogen-bond acceptors (Lipinski definition) is 3. The van der Waals surface area contributed by atoms with Gasteiger partial charge in [-0.2, -0.15) is 0 Å². The van der Waals surface area contributed by atoms with E-state index >= 15 is 0 Å². The molecule has 2 aromatic rings. The summed E-state index contributed by atoms with van der Waals surface area (Å²) < 4.78 is 12.3. The van der Waals surface area contributed by atoms with E-state index in [4.69, 9.17) is 21.1 Å². The Morgan fingerprint density at radius 2 is 2.14 bits per heavy atom. The molecule has 1 N–H and O–H groups in total. The summed E-state index contributed by atoms with van der Waals surface area (Å²) in [6.07, 6.45) is -0.493. The molecule has 0 aromatic heterocycles. The van der Waals surface area contributed by atoms with Gasteiger partial charge in [0.2, 0.25) is 0 Å². The minimum absolute atomic E-state index is 0.342. The number of rotatable bonds is 2. The number of benzene rings is 2. The fourth-order valence-corrected chi connectivity index (χ4v) is 3.23. The highest BCUT2D eigenvalue weighted by atomic mass is 79.9. The lowest BCUT2D eigenvalue weighted by molar-refractivity contribution is 0.0645. The van der Waals surface area contributed by atoms with Crippen LogP contribution in [-0.2, 0) is 0 Å². The number of fused-ring (bicyclic) bond motifs is 1. The van der Waals surface area contributed by atoms with E-state index in [9.17, 15) is 5.11 Å². The molecule has 3 nitrogen and oxygen atoms in total. The summed E-state index contributed by atoms with van der Waals surface area (Å²) in [7, 11) is 1.60. The number of hydrogen-bond donors (Lipinski definition) is 1. The Hall–Kier alpha value is -1.23. The van der Waals surface area contributed by atoms with Gasteiger partial charge in [0.05, 0.1) is 23.8 Å². The molecule has 0 radical (unpaired) electrons. The number of aliphatic hydroxyl groups excluding tert-OH is 1. The van der Waals surface area contributed by atoms with Crippen molar-refractivity contribution in [3.05, 3.63) is 57.0 Å². The predicted octanol–water partition coefficient (Wildman–Crippen LogP) is 4.67. The molecule has 0 saturated carbocycles. The van der Waals surface area contributed by atoms with Crippen molar-refractivity contribution in [2.75, 3.05) is 7.11 Å². The van der Waals surface area contributed by atoms with Crippen LogP contribution in [0.4, 0.5) is 0 Å². The van der Waals surface area contributed by atoms with Crippen molar-refractivity contribution in [1.29, 1.82) is 0 Å². The van der Waals surface area contributed by atoms with E-state index in [2.05, 4.69) is 15.9 Å². The summed E-state index contributed by atoms with van der Waals surface area (Å²) in [6.45, 7) is 0. The first-order valence-electron chi connectivity index (χ1n) is 6.56. The first-order chi connectivity index (χ1) is 10.1. The van der Waals surface area contributed by atoms with Gasteiger partial charge in [-0.3, -0.25) is 0 Å². The van der Waals surface area contributed by atoms with Crippen LogP contribution >= 0.6 is 27.5 Å². The monoisotopic (exact) mass is 368 g/mol. The molecule has 1 aliphatic heterocycles. The molecule has 0 aliphatic carbocycles. The molecule has 5 heteroatoms. The Bertz CT molecular complexity index is 675. The molecule has 0 spiro atoms. The van der Waals surface area contributed by atoms with Gasteiger partial charge in [-0.15, -0.1) is 0 Å². The second-order valence-corrected chi connectivity index (χ2v) is 6.22. The lowest BCUT2D eigenvalue weighted by atomic mass is 9.94. The normalized spacial score (nSPS) is 20.6. The molecule has 0 bridgehead atoms. The van der Waals surface area contributed by atoms with E-state index in [1.54, 1.807) is 13.2 Å². The highest BCUT2D eigenvalue weighted by Crippen LogP contribution is 2.45. The van der Waals surface area contributed by atoms with Crippen molar-refractivity contribution in [3.63, 3.8) is 0 Å². The van der Waals surface area contributed by atoms with E-state index in [0.717, 1.165) is 15.6 Å². The first-order valence-corrected chi connectivity index (χ1v) is 7.74. The zero-order valence-electron chi connectivity index (χ0n) is 11.3. The molecule has 1 aliphatic rings. The largest absolute Gasteiger partial charge is 0.496 e. The van der Waals surface area contributed by atoms with Crippen LogP contribution in [0.5, 0.6) is 11.5 Å². The zero-order chi connectivity index (χ0) is 15.0. The highest BCUT2D eigenvalue weighted by Gasteiger charge is 2.31. The van der Waals surface area contributed by atoms with Crippen LogP contribution in [0.1, 0.15) is 29.8 Å². The quantitative estimate of drug-likeness (QED) is 0.836. The fourth-order valence-electron chi connectivity index (χ4n) is 2.60. The van der Waals surface area contributed by atoms with E-state index in [1.807, 2.05) is 30.3 Å². The van der Waals surface area contributed by atoms with Gasteiger partial charge in [0.1, 0.15) is 17.6 Å². The Morgan fingerprint density at radius 1 is 1.33 bits per heavy atom. The molecule has 1 heterocycles. The van der Waals surface area contributed by atoms with Gasteiger partial charge in [0.25, 0.3) is 0 Å². The van der Waals surface area contributed by atoms with Crippen molar-refractivity contribution in [1.82, 2.24) is 0 Å². The van der Waals surface area contributed by atoms with Gasteiger partial charge in [-0.25, -0.2) is 0 Å². The number of aliphatic hydroxyl groups is 1. The van der Waals surface area contributed by atoms with Crippen molar-refractivity contribution < 1.29 is 14.6 Å². The second-order valence-electron chi connectivity index (χ2n) is 4.90. The van der Waals surface area contributed by atoms with E-state index in [1.165, 1.54) is 0 Å². The minimum atomic E-state index is -0.590. The van der Waals surface area contributed by atoms with E-state index in [0.29, 0.717) is 22.9 Å². The van der Waals surface area contributed by atoms with Gasteiger partial charge in [0.15, 0.2) is 0 Å². The van der Waals surface area contributed by atoms with Crippen LogP contribution in [0.15, 0.2) is 40.9 Å². The van der Waals surface area contributed by atoms with Crippen LogP contribution in [0.25, 0.3) is 0 Å². The molecule has 2 aromatic carbocycles. The summed E-state index contributed by atoms with van der Waals surface area (Å²) >= 11 is 9.71. The van der Waals surface area contributed by atoms with Gasteiger partial charge in [0, 0.05) is 16.5 Å². The molecule has 2 atom stereocenters. The summed E-state index contributed by atoms with van der Waals surface area (Å²) in [4.78, 5) is 0. The third-order valence-corrected chi connectivity index (χ3v) is 4.42. The third kappa shape index (κ3) is 2.76. The van der Waals surface area contributed by atoms with Crippen LogP contribution in [0.3, 0.4) is 0 Å². The van der Waals surface area contributed by atoms with E-state index < -0.39 is 6.10 Å². The molecule has 0 amide bonds. The Balaban J connectivity index is 2.03. The van der Waals surface area contributed by atoms with Crippen molar-refractivity contribution >= 4 is 27.5 Å². The van der Waals surface area contributed by atoms with Crippen molar-refractivity contribution in [3.8, 4) is 11.5 Å². The molecule has 0 fully saturated rings. The lowest BCUT2D eigenvalue weighted by Crippen LogP contribution is -2.20. The maximum Gasteiger partial charge on any atom is 0.132 e. The maximum atomic E-state index is 10.4. The Morgan fingerprint density at radius 3 is 2.90 bits per heavy atom. The highest BCUT2D eigenvalue weighted by molar-refractivity contribution is 9.10. The average molecular weight is 370 g/mol. The van der Waals surface area contributed by atoms with Crippen molar-refractivity contribution in [2.45, 2.75) is 18.6 Å². The summed E-state index contributed by atoms with van der Waals surface area (Å²) in [5.41, 5.74) is 1.56. The fraction of sp³-hybridized carbons (Fsp3) is 0.250. The Kier molecular flexibility index (Phi) is 4.11. The van der Waals surface area contributed by atoms with Gasteiger partial charge < -0.3 is 14.6 Å². The number of ether oxygens (including phenoxy) is 2. The number of halogens is 2. The summed E-state index contributed by atoms with van der Waals surface area (Å²) in [5.74, 6) is 1.33. The molecule has 0 saturated heterocycles. The third-order valence-electron chi connectivity index (χ3n) is 3.60. The van der Waals surface area contributed by atoms with Crippen LogP contribution < -0.4 is 9.47 Å². The lowest BCUT2D eigenvalue weighted by Gasteiger charge is -2.31. The molecule has 21 heavy (non-hydrogen) atoms. The molecular weight excluding hydrogens is 356 g/mol. The predicted molar refractivity (Wildman–Crippen MR) is 85.1 cm³/mol. The number of methoxy groups -OCH3 is 1. The Labute approximate surface area is 136 Å². The van der Waals surface area contributed by atoms with Crippen molar-refractivity contribution in [2.24, 2.45) is 0 Å². The smallest absolute Gasteiger partial charge is 0.132 e. The minimum Gasteiger partial charge on any atom is -0.496 e.